The van der Waals surface area contributed by atoms with Gasteiger partial charge >= 0.3 is 0 Å². The van der Waals surface area contributed by atoms with E-state index in [9.17, 15) is 0 Å². The number of aromatic nitrogens is 1. The molecule has 1 aromatic carbocycles. The lowest BCUT2D eigenvalue weighted by Gasteiger charge is -1.78. The number of hydrogen-bond donors (Lipinski definition) is 0. The molecular formula is C7H3NS. The first-order chi connectivity index (χ1) is 4.47. The van der Waals surface area contributed by atoms with Gasteiger partial charge in [0.25, 0.3) is 0 Å². The van der Waals surface area contributed by atoms with Crippen LogP contribution in [0.3, 0.4) is 0 Å². The average Bonchev–Trinajstić information content (AvgIpc) is 2.33. The summed E-state index contributed by atoms with van der Waals surface area (Å²) >= 11 is 1.46. The maximum absolute atomic E-state index is 3.99. The third-order valence-corrected chi connectivity index (χ3v) is 1.87. The fourth-order valence-corrected chi connectivity index (χ4v) is 1.30. The normalized spacial score (nSPS) is 10.2. The molecule has 0 amide bonds. The Labute approximate surface area is 57.1 Å². The Morgan fingerprint density at radius 3 is 3.44 bits per heavy atom. The summed E-state index contributed by atoms with van der Waals surface area (Å²) in [6.07, 6.45) is 1.83. The van der Waals surface area contributed by atoms with Crippen molar-refractivity contribution in [1.82, 2.24) is 4.37 Å². The minimum absolute atomic E-state index is 1.11. The third kappa shape index (κ3) is 0.715. The van der Waals surface area contributed by atoms with E-state index in [4.69, 9.17) is 0 Å². The first kappa shape index (κ1) is 4.94. The van der Waals surface area contributed by atoms with Crippen molar-refractivity contribution in [2.24, 2.45) is 0 Å². The topological polar surface area (TPSA) is 12.9 Å². The predicted octanol–water partition coefficient (Wildman–Crippen LogP) is 1.90. The Morgan fingerprint density at radius 2 is 2.56 bits per heavy atom. The number of rotatable bonds is 0. The van der Waals surface area contributed by atoms with Gasteiger partial charge in [-0.15, -0.1) is 0 Å². The van der Waals surface area contributed by atoms with E-state index < -0.39 is 0 Å². The van der Waals surface area contributed by atoms with E-state index in [1.165, 1.54) is 11.5 Å². The molecule has 2 aromatic rings. The maximum Gasteiger partial charge on any atom is 0.0629 e. The molecule has 9 heavy (non-hydrogen) atoms. The van der Waals surface area contributed by atoms with Crippen LogP contribution in [0.1, 0.15) is 0 Å². The van der Waals surface area contributed by atoms with E-state index in [1.54, 1.807) is 6.07 Å². The van der Waals surface area contributed by atoms with Crippen LogP contribution in [-0.4, -0.2) is 4.37 Å². The summed E-state index contributed by atoms with van der Waals surface area (Å²) in [7, 11) is 0. The summed E-state index contributed by atoms with van der Waals surface area (Å²) in [5.41, 5.74) is 0. The van der Waals surface area contributed by atoms with Gasteiger partial charge in [0.1, 0.15) is 0 Å². The molecule has 2 radical (unpaired) electrons. The molecule has 0 spiro atoms. The molecule has 0 fully saturated rings. The second-order valence-electron chi connectivity index (χ2n) is 1.71. The number of hydrogen-bond acceptors (Lipinski definition) is 2. The summed E-state index contributed by atoms with van der Waals surface area (Å²) < 4.78 is 5.10. The van der Waals surface area contributed by atoms with Crippen molar-refractivity contribution in [2.45, 2.75) is 0 Å². The van der Waals surface area contributed by atoms with Crippen molar-refractivity contribution in [3.63, 3.8) is 0 Å². The van der Waals surface area contributed by atoms with E-state index >= 15 is 0 Å². The summed E-state index contributed by atoms with van der Waals surface area (Å²) in [5.74, 6) is 0. The number of benzene rings is 1. The van der Waals surface area contributed by atoms with Gasteiger partial charge in [-0.25, -0.2) is 0 Å². The molecule has 42 valence electrons. The molecule has 0 aliphatic carbocycles. The Balaban J connectivity index is 2.95. The van der Waals surface area contributed by atoms with Gasteiger partial charge in [-0.3, -0.25) is 0 Å². The molecular weight excluding hydrogens is 130 g/mol. The van der Waals surface area contributed by atoms with Crippen LogP contribution in [0.15, 0.2) is 18.3 Å². The van der Waals surface area contributed by atoms with Crippen LogP contribution >= 0.6 is 11.5 Å². The SMILES string of the molecule is [c]1c[c]c2sncc2c1. The standard InChI is InChI=1S/C7H3NS/c1-2-4-7-6(3-1)5-8-9-7/h2-3,5H. The smallest absolute Gasteiger partial charge is 0.0629 e. The molecule has 1 nitrogen and oxygen atoms in total. The van der Waals surface area contributed by atoms with Crippen molar-refractivity contribution >= 4 is 21.6 Å². The lowest BCUT2D eigenvalue weighted by Crippen LogP contribution is -1.58. The van der Waals surface area contributed by atoms with Gasteiger partial charge in [-0.05, 0) is 29.7 Å². The van der Waals surface area contributed by atoms with Gasteiger partial charge < -0.3 is 0 Å². The van der Waals surface area contributed by atoms with E-state index in [0.29, 0.717) is 0 Å². The highest BCUT2D eigenvalue weighted by Gasteiger charge is 1.90. The molecule has 0 unspecified atom stereocenters. The molecule has 1 heterocycles. The van der Waals surface area contributed by atoms with Crippen LogP contribution in [0.4, 0.5) is 0 Å². The van der Waals surface area contributed by atoms with Crippen LogP contribution < -0.4 is 0 Å². The van der Waals surface area contributed by atoms with Gasteiger partial charge in [-0.1, -0.05) is 0 Å². The molecule has 0 atom stereocenters. The van der Waals surface area contributed by atoms with Crippen LogP contribution in [0.5, 0.6) is 0 Å². The van der Waals surface area contributed by atoms with Gasteiger partial charge in [-0.2, -0.15) is 4.37 Å². The molecule has 2 rings (SSSR count). The van der Waals surface area contributed by atoms with Crippen molar-refractivity contribution in [2.75, 3.05) is 0 Å². The van der Waals surface area contributed by atoms with Gasteiger partial charge in [0.15, 0.2) is 0 Å². The Morgan fingerprint density at radius 1 is 1.56 bits per heavy atom. The first-order valence-electron chi connectivity index (χ1n) is 2.59. The highest BCUT2D eigenvalue weighted by Crippen LogP contribution is 2.14. The molecule has 0 aliphatic rings. The van der Waals surface area contributed by atoms with Crippen LogP contribution in [0, 0.1) is 12.1 Å². The lowest BCUT2D eigenvalue weighted by molar-refractivity contribution is 1.60. The van der Waals surface area contributed by atoms with E-state index in [2.05, 4.69) is 16.5 Å². The summed E-state index contributed by atoms with van der Waals surface area (Å²) in [6, 6.07) is 9.65. The molecule has 1 aromatic heterocycles. The van der Waals surface area contributed by atoms with Gasteiger partial charge in [0.2, 0.25) is 0 Å². The largest absolute Gasteiger partial charge is 0.200 e. The molecule has 0 aliphatic heterocycles. The average molecular weight is 133 g/mol. The quantitative estimate of drug-likeness (QED) is 0.534. The minimum Gasteiger partial charge on any atom is -0.200 e. The second kappa shape index (κ2) is 1.81. The van der Waals surface area contributed by atoms with Gasteiger partial charge in [0, 0.05) is 17.6 Å². The Hall–Kier alpha value is -0.890. The summed E-state index contributed by atoms with van der Waals surface area (Å²) in [5, 5.41) is 1.13. The third-order valence-electron chi connectivity index (χ3n) is 1.12. The highest BCUT2D eigenvalue weighted by atomic mass is 32.1. The fourth-order valence-electron chi connectivity index (χ4n) is 0.698. The van der Waals surface area contributed by atoms with E-state index in [1.807, 2.05) is 12.3 Å². The minimum atomic E-state index is 1.11. The van der Waals surface area contributed by atoms with Crippen molar-refractivity contribution in [3.8, 4) is 0 Å². The fraction of sp³-hybridized carbons (Fsp3) is 0. The van der Waals surface area contributed by atoms with Crippen molar-refractivity contribution in [1.29, 1.82) is 0 Å². The zero-order valence-corrected chi connectivity index (χ0v) is 5.40. The number of fused-ring (bicyclic) bond motifs is 1. The Bertz CT molecular complexity index is 283. The first-order valence-corrected chi connectivity index (χ1v) is 3.36. The molecule has 0 saturated carbocycles. The second-order valence-corrected chi connectivity index (χ2v) is 2.51. The molecule has 0 N–H and O–H groups in total. The summed E-state index contributed by atoms with van der Waals surface area (Å²) in [4.78, 5) is 0. The van der Waals surface area contributed by atoms with Gasteiger partial charge in [0.05, 0.1) is 4.70 Å². The van der Waals surface area contributed by atoms with E-state index in [0.717, 1.165) is 10.1 Å². The van der Waals surface area contributed by atoms with Crippen LogP contribution in [0.25, 0.3) is 10.1 Å². The zero-order valence-electron chi connectivity index (χ0n) is 4.59. The Kier molecular flexibility index (Phi) is 0.993. The van der Waals surface area contributed by atoms with Crippen molar-refractivity contribution in [3.05, 3.63) is 30.5 Å². The molecule has 2 heteroatoms. The van der Waals surface area contributed by atoms with Crippen LogP contribution in [-0.2, 0) is 0 Å². The number of nitrogens with zero attached hydrogens (tertiary/aromatic N) is 1. The molecule has 0 bridgehead atoms. The summed E-state index contributed by atoms with van der Waals surface area (Å²) in [6.45, 7) is 0. The zero-order chi connectivity index (χ0) is 6.10. The van der Waals surface area contributed by atoms with Crippen molar-refractivity contribution < 1.29 is 0 Å². The molecule has 0 saturated heterocycles. The maximum atomic E-state index is 3.99. The lowest BCUT2D eigenvalue weighted by atomic mass is 10.3. The monoisotopic (exact) mass is 133 g/mol. The highest BCUT2D eigenvalue weighted by molar-refractivity contribution is 7.13. The van der Waals surface area contributed by atoms with E-state index in [-0.39, 0.29) is 0 Å². The predicted molar refractivity (Wildman–Crippen MR) is 37.3 cm³/mol. The van der Waals surface area contributed by atoms with Crippen LogP contribution in [0.2, 0.25) is 0 Å².